The average molecular weight is 411 g/mol. The number of hydrogen-bond acceptors (Lipinski definition) is 6. The van der Waals surface area contributed by atoms with Crippen LogP contribution in [-0.2, 0) is 14.3 Å². The van der Waals surface area contributed by atoms with Gasteiger partial charge in [0.2, 0.25) is 5.91 Å². The van der Waals surface area contributed by atoms with E-state index in [9.17, 15) is 4.79 Å². The van der Waals surface area contributed by atoms with Crippen LogP contribution in [0.15, 0.2) is 0 Å². The highest BCUT2D eigenvalue weighted by Gasteiger charge is 2.34. The standard InChI is InChI=1S/C22H42N4O3/c1-19(2)17-25-7-5-21(26-11-15-29-16-12-26)20(18-25)3-4-22(27)23-6-8-24-9-13-28-14-10-24/h19-21H,3-18H2,1-2H3,(H,23,27)/t20-,21+/m1/s1. The van der Waals surface area contributed by atoms with Crippen molar-refractivity contribution in [3.63, 3.8) is 0 Å². The maximum absolute atomic E-state index is 12.5. The Morgan fingerprint density at radius 1 is 1.00 bits per heavy atom. The van der Waals surface area contributed by atoms with Crippen molar-refractivity contribution < 1.29 is 14.3 Å². The molecule has 0 bridgehead atoms. The molecule has 3 aliphatic rings. The fraction of sp³-hybridized carbons (Fsp3) is 0.955. The van der Waals surface area contributed by atoms with E-state index in [0.29, 0.717) is 24.3 Å². The van der Waals surface area contributed by atoms with E-state index in [0.717, 1.165) is 85.2 Å². The summed E-state index contributed by atoms with van der Waals surface area (Å²) < 4.78 is 10.9. The molecule has 1 amide bonds. The van der Waals surface area contributed by atoms with Crippen molar-refractivity contribution in [1.29, 1.82) is 0 Å². The third-order valence-electron chi connectivity index (χ3n) is 6.51. The van der Waals surface area contributed by atoms with Gasteiger partial charge in [-0.3, -0.25) is 14.6 Å². The first kappa shape index (κ1) is 22.9. The van der Waals surface area contributed by atoms with E-state index in [1.807, 2.05) is 0 Å². The number of carbonyl (C=O) groups is 1. The summed E-state index contributed by atoms with van der Waals surface area (Å²) in [5, 5.41) is 3.14. The molecule has 0 radical (unpaired) electrons. The predicted molar refractivity (Wildman–Crippen MR) is 115 cm³/mol. The first-order chi connectivity index (χ1) is 14.1. The van der Waals surface area contributed by atoms with E-state index in [-0.39, 0.29) is 5.91 Å². The molecule has 2 atom stereocenters. The number of piperidine rings is 1. The number of rotatable bonds is 9. The Hall–Kier alpha value is -0.730. The van der Waals surface area contributed by atoms with Gasteiger partial charge in [-0.05, 0) is 31.2 Å². The lowest BCUT2D eigenvalue weighted by molar-refractivity contribution is -0.121. The molecule has 0 aromatic carbocycles. The number of morpholine rings is 2. The van der Waals surface area contributed by atoms with Crippen LogP contribution >= 0.6 is 0 Å². The molecular formula is C22H42N4O3. The van der Waals surface area contributed by atoms with Crippen LogP contribution in [0.4, 0.5) is 0 Å². The van der Waals surface area contributed by atoms with Crippen molar-refractivity contribution in [2.24, 2.45) is 11.8 Å². The second kappa shape index (κ2) is 12.2. The van der Waals surface area contributed by atoms with Gasteiger partial charge in [-0.1, -0.05) is 13.8 Å². The first-order valence-electron chi connectivity index (χ1n) is 11.7. The largest absolute Gasteiger partial charge is 0.379 e. The minimum Gasteiger partial charge on any atom is -0.379 e. The summed E-state index contributed by atoms with van der Waals surface area (Å²) in [6.07, 6.45) is 2.85. The van der Waals surface area contributed by atoms with Crippen LogP contribution in [0, 0.1) is 11.8 Å². The molecule has 7 nitrogen and oxygen atoms in total. The quantitative estimate of drug-likeness (QED) is 0.609. The molecular weight excluding hydrogens is 368 g/mol. The number of carbonyl (C=O) groups excluding carboxylic acids is 1. The summed E-state index contributed by atoms with van der Waals surface area (Å²) in [4.78, 5) is 20.1. The number of hydrogen-bond donors (Lipinski definition) is 1. The first-order valence-corrected chi connectivity index (χ1v) is 11.7. The Kier molecular flexibility index (Phi) is 9.66. The van der Waals surface area contributed by atoms with Gasteiger partial charge >= 0.3 is 0 Å². The minimum absolute atomic E-state index is 0.208. The van der Waals surface area contributed by atoms with Crippen molar-refractivity contribution in [2.75, 3.05) is 85.3 Å². The summed E-state index contributed by atoms with van der Waals surface area (Å²) >= 11 is 0. The summed E-state index contributed by atoms with van der Waals surface area (Å²) in [6, 6.07) is 0.600. The van der Waals surface area contributed by atoms with E-state index in [1.165, 1.54) is 13.0 Å². The molecule has 3 saturated heterocycles. The van der Waals surface area contributed by atoms with Gasteiger partial charge in [0.25, 0.3) is 0 Å². The van der Waals surface area contributed by atoms with E-state index >= 15 is 0 Å². The third-order valence-corrected chi connectivity index (χ3v) is 6.51. The van der Waals surface area contributed by atoms with Crippen LogP contribution in [0.3, 0.4) is 0 Å². The number of amides is 1. The molecule has 1 N–H and O–H groups in total. The van der Waals surface area contributed by atoms with Crippen molar-refractivity contribution >= 4 is 5.91 Å². The van der Waals surface area contributed by atoms with Gasteiger partial charge in [-0.2, -0.15) is 0 Å². The molecule has 3 rings (SSSR count). The summed E-state index contributed by atoms with van der Waals surface area (Å²) in [5.41, 5.74) is 0. The van der Waals surface area contributed by atoms with Gasteiger partial charge in [0.15, 0.2) is 0 Å². The van der Waals surface area contributed by atoms with E-state index < -0.39 is 0 Å². The Labute approximate surface area is 177 Å². The summed E-state index contributed by atoms with van der Waals surface area (Å²) in [7, 11) is 0. The van der Waals surface area contributed by atoms with Crippen molar-refractivity contribution in [1.82, 2.24) is 20.0 Å². The molecule has 0 aromatic rings. The molecule has 3 heterocycles. The van der Waals surface area contributed by atoms with Crippen molar-refractivity contribution in [2.45, 2.75) is 39.2 Å². The second-order valence-corrected chi connectivity index (χ2v) is 9.26. The van der Waals surface area contributed by atoms with Gasteiger partial charge in [0, 0.05) is 64.8 Å². The maximum atomic E-state index is 12.5. The molecule has 3 fully saturated rings. The zero-order valence-electron chi connectivity index (χ0n) is 18.6. The minimum atomic E-state index is 0.208. The highest BCUT2D eigenvalue weighted by molar-refractivity contribution is 5.75. The molecule has 7 heteroatoms. The Morgan fingerprint density at radius 2 is 1.69 bits per heavy atom. The zero-order valence-corrected chi connectivity index (χ0v) is 18.6. The van der Waals surface area contributed by atoms with Crippen LogP contribution in [-0.4, -0.2) is 112 Å². The number of nitrogens with zero attached hydrogens (tertiary/aromatic N) is 3. The Balaban J connectivity index is 1.43. The van der Waals surface area contributed by atoms with Gasteiger partial charge < -0.3 is 19.7 Å². The highest BCUT2D eigenvalue weighted by atomic mass is 16.5. The van der Waals surface area contributed by atoms with Crippen LogP contribution in [0.1, 0.15) is 33.1 Å². The van der Waals surface area contributed by atoms with E-state index in [1.54, 1.807) is 0 Å². The van der Waals surface area contributed by atoms with Gasteiger partial charge in [0.05, 0.1) is 26.4 Å². The second-order valence-electron chi connectivity index (χ2n) is 9.26. The van der Waals surface area contributed by atoms with Gasteiger partial charge in [-0.25, -0.2) is 0 Å². The zero-order chi connectivity index (χ0) is 20.5. The van der Waals surface area contributed by atoms with Crippen LogP contribution < -0.4 is 5.32 Å². The monoisotopic (exact) mass is 410 g/mol. The average Bonchev–Trinajstić information content (AvgIpc) is 2.73. The van der Waals surface area contributed by atoms with E-state index in [4.69, 9.17) is 9.47 Å². The van der Waals surface area contributed by atoms with E-state index in [2.05, 4.69) is 33.9 Å². The Morgan fingerprint density at radius 3 is 2.38 bits per heavy atom. The number of nitrogens with one attached hydrogen (secondary N) is 1. The van der Waals surface area contributed by atoms with Crippen molar-refractivity contribution in [3.8, 4) is 0 Å². The lowest BCUT2D eigenvalue weighted by atomic mass is 9.86. The van der Waals surface area contributed by atoms with Crippen LogP contribution in [0.25, 0.3) is 0 Å². The molecule has 0 aliphatic carbocycles. The molecule has 29 heavy (non-hydrogen) atoms. The van der Waals surface area contributed by atoms with Crippen LogP contribution in [0.5, 0.6) is 0 Å². The van der Waals surface area contributed by atoms with Gasteiger partial charge in [-0.15, -0.1) is 0 Å². The van der Waals surface area contributed by atoms with Crippen LogP contribution in [0.2, 0.25) is 0 Å². The lowest BCUT2D eigenvalue weighted by Gasteiger charge is -2.45. The molecule has 0 unspecified atom stereocenters. The molecule has 0 spiro atoms. The molecule has 168 valence electrons. The topological polar surface area (TPSA) is 57.3 Å². The molecule has 0 aromatic heterocycles. The summed E-state index contributed by atoms with van der Waals surface area (Å²) in [5.74, 6) is 1.48. The molecule has 3 aliphatic heterocycles. The number of ether oxygens (including phenoxy) is 2. The SMILES string of the molecule is CC(C)CN1CC[C@H](N2CCOCC2)[C@H](CCC(=O)NCCN2CCOCC2)C1. The van der Waals surface area contributed by atoms with Gasteiger partial charge in [0.1, 0.15) is 0 Å². The fourth-order valence-electron chi connectivity index (χ4n) is 5.03. The maximum Gasteiger partial charge on any atom is 0.220 e. The summed E-state index contributed by atoms with van der Waals surface area (Å²) in [6.45, 7) is 17.1. The number of likely N-dealkylation sites (tertiary alicyclic amines) is 1. The van der Waals surface area contributed by atoms with Crippen molar-refractivity contribution in [3.05, 3.63) is 0 Å². The smallest absolute Gasteiger partial charge is 0.220 e. The lowest BCUT2D eigenvalue weighted by Crippen LogP contribution is -2.54. The fourth-order valence-corrected chi connectivity index (χ4v) is 5.03. The Bertz CT molecular complexity index is 479. The molecule has 0 saturated carbocycles. The normalized spacial score (nSPS) is 28.0. The third kappa shape index (κ3) is 7.79. The highest BCUT2D eigenvalue weighted by Crippen LogP contribution is 2.27. The predicted octanol–water partition coefficient (Wildman–Crippen LogP) is 0.894.